The van der Waals surface area contributed by atoms with Crippen LogP contribution in [-0.4, -0.2) is 18.5 Å². The molecule has 3 atom stereocenters. The number of fused-ring (bicyclic) bond motifs is 1. The van der Waals surface area contributed by atoms with Crippen LogP contribution in [0.25, 0.3) is 0 Å². The maximum Gasteiger partial charge on any atom is 0.227 e. The Balaban J connectivity index is 1.50. The molecule has 0 spiro atoms. The van der Waals surface area contributed by atoms with Crippen LogP contribution in [0, 0.1) is 5.92 Å². The third kappa shape index (κ3) is 2.66. The van der Waals surface area contributed by atoms with Crippen LogP contribution in [0.5, 0.6) is 0 Å². The molecule has 0 heterocycles. The van der Waals surface area contributed by atoms with E-state index in [0.717, 1.165) is 25.8 Å². The van der Waals surface area contributed by atoms with Crippen molar-refractivity contribution in [1.82, 2.24) is 5.32 Å². The zero-order valence-corrected chi connectivity index (χ0v) is 11.3. The third-order valence-electron chi connectivity index (χ3n) is 4.56. The molecule has 3 nitrogen and oxygen atoms in total. The summed E-state index contributed by atoms with van der Waals surface area (Å²) in [5.74, 6) is 0.842. The van der Waals surface area contributed by atoms with Gasteiger partial charge in [-0.3, -0.25) is 4.79 Å². The van der Waals surface area contributed by atoms with Crippen LogP contribution in [0.2, 0.25) is 0 Å². The molecule has 0 saturated heterocycles. The first-order valence-corrected chi connectivity index (χ1v) is 7.35. The number of rotatable bonds is 3. The number of hydrogen-bond acceptors (Lipinski definition) is 2. The minimum absolute atomic E-state index is 0.0773. The average molecular weight is 258 g/mol. The molecule has 3 unspecified atom stereocenters. The van der Waals surface area contributed by atoms with Crippen LogP contribution in [0.1, 0.15) is 42.7 Å². The van der Waals surface area contributed by atoms with E-state index < -0.39 is 0 Å². The molecule has 1 saturated carbocycles. The Bertz CT molecular complexity index is 472. The Morgan fingerprint density at radius 1 is 1.32 bits per heavy atom. The molecule has 1 fully saturated rings. The molecule has 1 aromatic carbocycles. The van der Waals surface area contributed by atoms with Crippen LogP contribution < -0.4 is 11.1 Å². The standard InChI is InChI=1S/C16H22N2O/c17-13-6-3-4-11(8-13)10-18-16(19)15-9-12-5-1-2-7-14(12)15/h1-2,5,7,11,13,15H,3-4,6,8-10,17H2,(H,18,19). The molecule has 19 heavy (non-hydrogen) atoms. The van der Waals surface area contributed by atoms with E-state index in [4.69, 9.17) is 5.73 Å². The predicted molar refractivity (Wildman–Crippen MR) is 75.8 cm³/mol. The Kier molecular flexibility index (Phi) is 3.56. The molecule has 0 aromatic heterocycles. The van der Waals surface area contributed by atoms with Crippen LogP contribution in [0.4, 0.5) is 0 Å². The van der Waals surface area contributed by atoms with Crippen molar-refractivity contribution < 1.29 is 4.79 Å². The average Bonchev–Trinajstić information content (AvgIpc) is 2.38. The predicted octanol–water partition coefficient (Wildman–Crippen LogP) is 1.96. The van der Waals surface area contributed by atoms with Crippen molar-refractivity contribution >= 4 is 5.91 Å². The molecule has 0 aliphatic heterocycles. The van der Waals surface area contributed by atoms with Gasteiger partial charge in [-0.25, -0.2) is 0 Å². The van der Waals surface area contributed by atoms with Crippen LogP contribution >= 0.6 is 0 Å². The first kappa shape index (κ1) is 12.7. The van der Waals surface area contributed by atoms with Gasteiger partial charge in [0.15, 0.2) is 0 Å². The number of amides is 1. The normalized spacial score (nSPS) is 29.2. The molecule has 2 aliphatic carbocycles. The highest BCUT2D eigenvalue weighted by molar-refractivity contribution is 5.86. The summed E-state index contributed by atoms with van der Waals surface area (Å²) in [7, 11) is 0. The van der Waals surface area contributed by atoms with E-state index in [-0.39, 0.29) is 11.8 Å². The Hall–Kier alpha value is -1.35. The van der Waals surface area contributed by atoms with Gasteiger partial charge in [0.1, 0.15) is 0 Å². The first-order valence-electron chi connectivity index (χ1n) is 7.35. The van der Waals surface area contributed by atoms with Gasteiger partial charge < -0.3 is 11.1 Å². The lowest BCUT2D eigenvalue weighted by Crippen LogP contribution is -2.40. The highest BCUT2D eigenvalue weighted by Crippen LogP contribution is 2.34. The summed E-state index contributed by atoms with van der Waals surface area (Å²) in [4.78, 5) is 12.2. The van der Waals surface area contributed by atoms with Gasteiger partial charge in [-0.2, -0.15) is 0 Å². The topological polar surface area (TPSA) is 55.1 Å². The number of nitrogens with one attached hydrogen (secondary N) is 1. The lowest BCUT2D eigenvalue weighted by Gasteiger charge is -2.31. The molecule has 3 N–H and O–H groups in total. The molecular formula is C16H22N2O. The smallest absolute Gasteiger partial charge is 0.227 e. The van der Waals surface area contributed by atoms with Crippen molar-refractivity contribution in [2.45, 2.75) is 44.1 Å². The van der Waals surface area contributed by atoms with E-state index in [1.54, 1.807) is 0 Å². The maximum absolute atomic E-state index is 12.2. The second-order valence-corrected chi connectivity index (χ2v) is 5.99. The highest BCUT2D eigenvalue weighted by atomic mass is 16.1. The van der Waals surface area contributed by atoms with Crippen molar-refractivity contribution in [3.05, 3.63) is 35.4 Å². The fourth-order valence-corrected chi connectivity index (χ4v) is 3.38. The van der Waals surface area contributed by atoms with E-state index in [0.29, 0.717) is 12.0 Å². The van der Waals surface area contributed by atoms with Gasteiger partial charge in [0, 0.05) is 12.6 Å². The molecule has 3 rings (SSSR count). The quantitative estimate of drug-likeness (QED) is 0.870. The largest absolute Gasteiger partial charge is 0.355 e. The van der Waals surface area contributed by atoms with Gasteiger partial charge in [-0.15, -0.1) is 0 Å². The van der Waals surface area contributed by atoms with Gasteiger partial charge in [0.05, 0.1) is 5.92 Å². The molecule has 1 amide bonds. The van der Waals surface area contributed by atoms with Crippen LogP contribution in [-0.2, 0) is 11.2 Å². The van der Waals surface area contributed by atoms with Crippen molar-refractivity contribution in [1.29, 1.82) is 0 Å². The summed E-state index contributed by atoms with van der Waals surface area (Å²) < 4.78 is 0. The van der Waals surface area contributed by atoms with Gasteiger partial charge in [0.2, 0.25) is 5.91 Å². The van der Waals surface area contributed by atoms with Gasteiger partial charge in [-0.1, -0.05) is 30.7 Å². The molecular weight excluding hydrogens is 236 g/mol. The van der Waals surface area contributed by atoms with Crippen LogP contribution in [0.15, 0.2) is 24.3 Å². The van der Waals surface area contributed by atoms with Crippen molar-refractivity contribution in [2.24, 2.45) is 11.7 Å². The number of carbonyl (C=O) groups excluding carboxylic acids is 1. The minimum atomic E-state index is 0.0773. The second kappa shape index (κ2) is 5.33. The Labute approximate surface area is 114 Å². The number of carbonyl (C=O) groups is 1. The van der Waals surface area contributed by atoms with E-state index in [1.165, 1.54) is 24.0 Å². The van der Waals surface area contributed by atoms with E-state index in [1.807, 2.05) is 12.1 Å². The zero-order valence-electron chi connectivity index (χ0n) is 11.3. The third-order valence-corrected chi connectivity index (χ3v) is 4.56. The summed E-state index contributed by atoms with van der Waals surface area (Å²) in [6.07, 6.45) is 5.50. The lowest BCUT2D eigenvalue weighted by molar-refractivity contribution is -0.123. The summed E-state index contributed by atoms with van der Waals surface area (Å²) >= 11 is 0. The summed E-state index contributed by atoms with van der Waals surface area (Å²) in [6.45, 7) is 0.797. The summed E-state index contributed by atoms with van der Waals surface area (Å²) in [5.41, 5.74) is 8.51. The molecule has 0 radical (unpaired) electrons. The molecule has 1 aromatic rings. The SMILES string of the molecule is NC1CCCC(CNC(=O)C2Cc3ccccc32)C1. The van der Waals surface area contributed by atoms with Gasteiger partial charge in [0.25, 0.3) is 0 Å². The fraction of sp³-hybridized carbons (Fsp3) is 0.562. The number of hydrogen-bond donors (Lipinski definition) is 2. The first-order chi connectivity index (χ1) is 9.24. The minimum Gasteiger partial charge on any atom is -0.355 e. The van der Waals surface area contributed by atoms with E-state index >= 15 is 0 Å². The monoisotopic (exact) mass is 258 g/mol. The second-order valence-electron chi connectivity index (χ2n) is 5.99. The highest BCUT2D eigenvalue weighted by Gasteiger charge is 2.32. The van der Waals surface area contributed by atoms with E-state index in [2.05, 4.69) is 17.4 Å². The van der Waals surface area contributed by atoms with Crippen LogP contribution in [0.3, 0.4) is 0 Å². The number of nitrogens with two attached hydrogens (primary N) is 1. The Morgan fingerprint density at radius 3 is 2.95 bits per heavy atom. The van der Waals surface area contributed by atoms with Crippen molar-refractivity contribution in [3.63, 3.8) is 0 Å². The fourth-order valence-electron chi connectivity index (χ4n) is 3.38. The molecule has 0 bridgehead atoms. The lowest BCUT2D eigenvalue weighted by atomic mass is 9.77. The maximum atomic E-state index is 12.2. The van der Waals surface area contributed by atoms with E-state index in [9.17, 15) is 4.79 Å². The van der Waals surface area contributed by atoms with Crippen molar-refractivity contribution in [3.8, 4) is 0 Å². The van der Waals surface area contributed by atoms with Gasteiger partial charge >= 0.3 is 0 Å². The molecule has 2 aliphatic rings. The number of benzene rings is 1. The van der Waals surface area contributed by atoms with Gasteiger partial charge in [-0.05, 0) is 42.7 Å². The zero-order chi connectivity index (χ0) is 13.2. The molecule has 3 heteroatoms. The Morgan fingerprint density at radius 2 is 2.16 bits per heavy atom. The summed E-state index contributed by atoms with van der Waals surface area (Å²) in [6, 6.07) is 8.56. The summed E-state index contributed by atoms with van der Waals surface area (Å²) in [5, 5.41) is 3.12. The van der Waals surface area contributed by atoms with Crippen molar-refractivity contribution in [2.75, 3.05) is 6.54 Å². The molecule has 102 valence electrons.